The van der Waals surface area contributed by atoms with Gasteiger partial charge in [-0.3, -0.25) is 4.68 Å². The normalized spacial score (nSPS) is 11.7. The second kappa shape index (κ2) is 3.89. The van der Waals surface area contributed by atoms with Crippen molar-refractivity contribution in [1.29, 1.82) is 0 Å². The molecule has 0 aliphatic carbocycles. The molecule has 0 aliphatic rings. The minimum absolute atomic E-state index is 0.105. The van der Waals surface area contributed by atoms with E-state index >= 15 is 0 Å². The van der Waals surface area contributed by atoms with Crippen LogP contribution in [0, 0.1) is 10.5 Å². The summed E-state index contributed by atoms with van der Waals surface area (Å²) in [6.45, 7) is 5.65. The van der Waals surface area contributed by atoms with Crippen molar-refractivity contribution in [2.24, 2.45) is 0 Å². The smallest absolute Gasteiger partial charge is 0.266 e. The number of halogens is 3. The van der Waals surface area contributed by atoms with E-state index in [0.717, 1.165) is 5.69 Å². The second-order valence-corrected chi connectivity index (χ2v) is 4.20. The first-order chi connectivity index (χ1) is 5.95. The fourth-order valence-electron chi connectivity index (χ4n) is 1.16. The van der Waals surface area contributed by atoms with Crippen LogP contribution in [0.1, 0.15) is 37.7 Å². The van der Waals surface area contributed by atoms with Crippen molar-refractivity contribution >= 4 is 22.6 Å². The van der Waals surface area contributed by atoms with E-state index in [9.17, 15) is 8.78 Å². The van der Waals surface area contributed by atoms with Gasteiger partial charge in [0.1, 0.15) is 5.69 Å². The molecule has 0 aromatic carbocycles. The molecule has 13 heavy (non-hydrogen) atoms. The van der Waals surface area contributed by atoms with E-state index in [4.69, 9.17) is 0 Å². The lowest BCUT2D eigenvalue weighted by Gasteiger charge is -2.06. The standard InChI is InChI=1S/C8H11F2IN2/c1-4(2)13-5(3)6(11)7(12-13)8(9)10/h4,8H,1-3H3. The summed E-state index contributed by atoms with van der Waals surface area (Å²) in [6, 6.07) is 0.126. The summed E-state index contributed by atoms with van der Waals surface area (Å²) in [5, 5.41) is 3.87. The van der Waals surface area contributed by atoms with Gasteiger partial charge in [-0.1, -0.05) is 0 Å². The molecule has 2 nitrogen and oxygen atoms in total. The highest BCUT2D eigenvalue weighted by Crippen LogP contribution is 2.27. The Balaban J connectivity index is 3.20. The summed E-state index contributed by atoms with van der Waals surface area (Å²) in [6.07, 6.45) is -2.48. The van der Waals surface area contributed by atoms with Gasteiger partial charge in [0.2, 0.25) is 0 Å². The molecule has 0 fully saturated rings. The molecule has 0 amide bonds. The lowest BCUT2D eigenvalue weighted by Crippen LogP contribution is -2.05. The van der Waals surface area contributed by atoms with Gasteiger partial charge in [-0.05, 0) is 43.4 Å². The van der Waals surface area contributed by atoms with Crippen LogP contribution < -0.4 is 0 Å². The Morgan fingerprint density at radius 1 is 1.38 bits per heavy atom. The van der Waals surface area contributed by atoms with E-state index in [1.807, 2.05) is 36.4 Å². The van der Waals surface area contributed by atoms with Crippen molar-refractivity contribution in [3.63, 3.8) is 0 Å². The van der Waals surface area contributed by atoms with Crippen LogP contribution in [0.5, 0.6) is 0 Å². The summed E-state index contributed by atoms with van der Waals surface area (Å²) in [5.41, 5.74) is 0.706. The van der Waals surface area contributed by atoms with E-state index in [2.05, 4.69) is 5.10 Å². The highest BCUT2D eigenvalue weighted by molar-refractivity contribution is 14.1. The highest BCUT2D eigenvalue weighted by atomic mass is 127. The maximum atomic E-state index is 12.4. The van der Waals surface area contributed by atoms with Crippen LogP contribution in [-0.2, 0) is 0 Å². The van der Waals surface area contributed by atoms with Crippen molar-refractivity contribution < 1.29 is 8.78 Å². The minimum atomic E-state index is -2.48. The Labute approximate surface area is 89.5 Å². The fourth-order valence-corrected chi connectivity index (χ4v) is 1.75. The number of hydrogen-bond acceptors (Lipinski definition) is 1. The van der Waals surface area contributed by atoms with Crippen LogP contribution in [0.3, 0.4) is 0 Å². The SMILES string of the molecule is Cc1c(I)c(C(F)F)nn1C(C)C. The highest BCUT2D eigenvalue weighted by Gasteiger charge is 2.20. The summed E-state index contributed by atoms with van der Waals surface area (Å²) in [4.78, 5) is 0. The average Bonchev–Trinajstić information content (AvgIpc) is 2.29. The zero-order valence-corrected chi connectivity index (χ0v) is 9.84. The molecule has 0 bridgehead atoms. The fraction of sp³-hybridized carbons (Fsp3) is 0.625. The maximum Gasteiger partial charge on any atom is 0.283 e. The molecule has 0 aliphatic heterocycles. The van der Waals surface area contributed by atoms with Gasteiger partial charge in [0.05, 0.1) is 3.57 Å². The number of aromatic nitrogens is 2. The lowest BCUT2D eigenvalue weighted by atomic mass is 10.3. The van der Waals surface area contributed by atoms with Crippen molar-refractivity contribution in [2.45, 2.75) is 33.2 Å². The number of nitrogens with zero attached hydrogens (tertiary/aromatic N) is 2. The van der Waals surface area contributed by atoms with Gasteiger partial charge in [0.15, 0.2) is 0 Å². The van der Waals surface area contributed by atoms with Gasteiger partial charge in [0, 0.05) is 11.7 Å². The van der Waals surface area contributed by atoms with E-state index in [1.54, 1.807) is 11.6 Å². The molecular formula is C8H11F2IN2. The van der Waals surface area contributed by atoms with Crippen molar-refractivity contribution in [2.75, 3.05) is 0 Å². The molecule has 74 valence electrons. The molecule has 0 atom stereocenters. The first-order valence-electron chi connectivity index (χ1n) is 3.97. The quantitative estimate of drug-likeness (QED) is 0.766. The van der Waals surface area contributed by atoms with Crippen LogP contribution in [0.15, 0.2) is 0 Å². The van der Waals surface area contributed by atoms with E-state index in [1.165, 1.54) is 0 Å². The predicted molar refractivity (Wildman–Crippen MR) is 55.0 cm³/mol. The Kier molecular flexibility index (Phi) is 3.26. The number of hydrogen-bond donors (Lipinski definition) is 0. The van der Waals surface area contributed by atoms with Crippen LogP contribution in [0.4, 0.5) is 8.78 Å². The lowest BCUT2D eigenvalue weighted by molar-refractivity contribution is 0.144. The van der Waals surface area contributed by atoms with Crippen LogP contribution >= 0.6 is 22.6 Å². The summed E-state index contributed by atoms with van der Waals surface area (Å²) in [7, 11) is 0. The second-order valence-electron chi connectivity index (χ2n) is 3.12. The Morgan fingerprint density at radius 2 is 1.92 bits per heavy atom. The maximum absolute atomic E-state index is 12.4. The van der Waals surface area contributed by atoms with E-state index in [0.29, 0.717) is 3.57 Å². The molecule has 1 aromatic rings. The molecule has 1 aromatic heterocycles. The Bertz CT molecular complexity index is 279. The molecule has 0 N–H and O–H groups in total. The van der Waals surface area contributed by atoms with Gasteiger partial charge in [-0.15, -0.1) is 0 Å². The summed E-state index contributed by atoms with van der Waals surface area (Å²) >= 11 is 1.91. The van der Waals surface area contributed by atoms with Gasteiger partial charge in [-0.2, -0.15) is 5.10 Å². The summed E-state index contributed by atoms with van der Waals surface area (Å²) in [5.74, 6) is 0. The first-order valence-corrected chi connectivity index (χ1v) is 5.05. The monoisotopic (exact) mass is 300 g/mol. The largest absolute Gasteiger partial charge is 0.283 e. The third-order valence-corrected chi connectivity index (χ3v) is 3.13. The third-order valence-electron chi connectivity index (χ3n) is 1.80. The number of alkyl halides is 2. The van der Waals surface area contributed by atoms with Crippen molar-refractivity contribution in [1.82, 2.24) is 9.78 Å². The van der Waals surface area contributed by atoms with Crippen LogP contribution in [0.2, 0.25) is 0 Å². The minimum Gasteiger partial charge on any atom is -0.266 e. The zero-order valence-electron chi connectivity index (χ0n) is 7.68. The molecule has 0 unspecified atom stereocenters. The van der Waals surface area contributed by atoms with Gasteiger partial charge >= 0.3 is 0 Å². The van der Waals surface area contributed by atoms with E-state index < -0.39 is 6.43 Å². The summed E-state index contributed by atoms with van der Waals surface area (Å²) < 4.78 is 27.0. The predicted octanol–water partition coefficient (Wildman–Crippen LogP) is 3.31. The van der Waals surface area contributed by atoms with Gasteiger partial charge in [-0.25, -0.2) is 8.78 Å². The molecule has 1 rings (SSSR count). The molecule has 0 radical (unpaired) electrons. The van der Waals surface area contributed by atoms with Crippen molar-refractivity contribution in [3.05, 3.63) is 15.0 Å². The third kappa shape index (κ3) is 2.00. The molecular weight excluding hydrogens is 289 g/mol. The Morgan fingerprint density at radius 3 is 2.15 bits per heavy atom. The molecule has 5 heteroatoms. The topological polar surface area (TPSA) is 17.8 Å². The molecule has 0 saturated carbocycles. The van der Waals surface area contributed by atoms with Crippen LogP contribution in [-0.4, -0.2) is 9.78 Å². The first kappa shape index (κ1) is 10.9. The molecule has 0 spiro atoms. The molecule has 1 heterocycles. The molecule has 0 saturated heterocycles. The van der Waals surface area contributed by atoms with Crippen LogP contribution in [0.25, 0.3) is 0 Å². The van der Waals surface area contributed by atoms with Gasteiger partial charge < -0.3 is 0 Å². The van der Waals surface area contributed by atoms with E-state index in [-0.39, 0.29) is 11.7 Å². The Hall–Kier alpha value is -0.200. The average molecular weight is 300 g/mol. The number of rotatable bonds is 2. The van der Waals surface area contributed by atoms with Gasteiger partial charge in [0.25, 0.3) is 6.43 Å². The van der Waals surface area contributed by atoms with Crippen molar-refractivity contribution in [3.8, 4) is 0 Å². The zero-order chi connectivity index (χ0) is 10.2.